The van der Waals surface area contributed by atoms with Gasteiger partial charge in [-0.3, -0.25) is 19.2 Å². The molecule has 4 aliphatic rings. The van der Waals surface area contributed by atoms with E-state index in [4.69, 9.17) is 23.7 Å². The van der Waals surface area contributed by atoms with Gasteiger partial charge in [0.05, 0.1) is 35.6 Å². The van der Waals surface area contributed by atoms with Gasteiger partial charge in [-0.1, -0.05) is 80.6 Å². The van der Waals surface area contributed by atoms with Crippen molar-refractivity contribution in [2.24, 2.45) is 16.7 Å². The third kappa shape index (κ3) is 7.29. The third-order valence-electron chi connectivity index (χ3n) is 13.5. The van der Waals surface area contributed by atoms with Gasteiger partial charge >= 0.3 is 23.9 Å². The summed E-state index contributed by atoms with van der Waals surface area (Å²) in [6, 6.07) is 22.9. The Hall–Kier alpha value is -5.74. The minimum Gasteiger partial charge on any atom is -0.456 e. The third-order valence-corrected chi connectivity index (χ3v) is 13.5. The lowest BCUT2D eigenvalue weighted by atomic mass is 9.44. The molecular weight excluding hydrogens is 803 g/mol. The van der Waals surface area contributed by atoms with Crippen LogP contribution in [0.5, 0.6) is 0 Å². The van der Waals surface area contributed by atoms with Crippen LogP contribution in [0.2, 0.25) is 0 Å². The largest absolute Gasteiger partial charge is 0.456 e. The molecule has 62 heavy (non-hydrogen) atoms. The number of fused-ring (bicyclic) bond motifs is 5. The van der Waals surface area contributed by atoms with E-state index >= 15 is 4.79 Å². The number of ether oxygens (including phenoxy) is 5. The second-order valence-electron chi connectivity index (χ2n) is 17.4. The van der Waals surface area contributed by atoms with E-state index in [1.807, 2.05) is 0 Å². The van der Waals surface area contributed by atoms with Crippen molar-refractivity contribution in [1.82, 2.24) is 5.32 Å². The van der Waals surface area contributed by atoms with E-state index in [0.29, 0.717) is 5.56 Å². The number of esters is 4. The molecule has 0 radical (unpaired) electrons. The highest BCUT2D eigenvalue weighted by atomic mass is 16.6. The Balaban J connectivity index is 1.39. The molecule has 11 atom stereocenters. The van der Waals surface area contributed by atoms with E-state index in [-0.39, 0.29) is 35.3 Å². The summed E-state index contributed by atoms with van der Waals surface area (Å²) < 4.78 is 30.3. The number of benzene rings is 3. The van der Waals surface area contributed by atoms with Gasteiger partial charge in [0, 0.05) is 37.7 Å². The van der Waals surface area contributed by atoms with Gasteiger partial charge in [-0.15, -0.1) is 0 Å². The zero-order valence-electron chi connectivity index (χ0n) is 35.2. The predicted molar refractivity (Wildman–Crippen MR) is 218 cm³/mol. The molecule has 3 fully saturated rings. The first-order valence-corrected chi connectivity index (χ1v) is 20.5. The molecule has 0 aromatic heterocycles. The molecule has 15 heteroatoms. The Bertz CT molecular complexity index is 2280. The SMILES string of the molecule is CC(=O)O[C@H]1C(=O)[C@@]2(C)[C@H]([C@H](OC(=O)c3ccccc3)[C@]3(O)C[C@H](OC(=O)[C@@H](O)[C@@H](NC(=O)c4ccccc4)c4ccccc4)C(C)=C1C3(C)C)[C@]1(OC(C)=O)CO[C@@H]1C[C@@H]2O. The fraction of sp³-hybridized carbons (Fsp3) is 0.447. The molecule has 1 amide bonds. The molecule has 2 bridgehead atoms. The van der Waals surface area contributed by atoms with E-state index < -0.39 is 113 Å². The van der Waals surface area contributed by atoms with Crippen LogP contribution < -0.4 is 5.32 Å². The Morgan fingerprint density at radius 1 is 0.823 bits per heavy atom. The van der Waals surface area contributed by atoms with Gasteiger partial charge < -0.3 is 44.3 Å². The molecule has 4 N–H and O–H groups in total. The standard InChI is InChI=1S/C47H51NO14/c1-25-31(60-43(56)36(52)35(28-16-10-7-11-17-28)48-41(54)29-18-12-8-13-19-29)23-47(57)40(61-42(55)30-20-14-9-15-21-30)38-45(6,32(51)22-33-46(38,24-58-33)62-27(3)50)39(53)37(59-26(2)49)34(25)44(47,4)5/h7-21,31-33,35-38,40,51-52,57H,22-24H2,1-6H3,(H,48,54)/t31-,32-,33+,35-,36-,37+,38-,40-,45+,46-,47+/m0/s1. The summed E-state index contributed by atoms with van der Waals surface area (Å²) in [6.45, 7) is 7.97. The highest BCUT2D eigenvalue weighted by Gasteiger charge is 2.78. The van der Waals surface area contributed by atoms with Gasteiger partial charge in [0.25, 0.3) is 5.91 Å². The maximum absolute atomic E-state index is 15.5. The molecule has 0 spiro atoms. The van der Waals surface area contributed by atoms with Gasteiger partial charge in [0.2, 0.25) is 0 Å². The lowest BCUT2D eigenvalue weighted by Gasteiger charge is -2.67. The number of aliphatic hydroxyl groups is 3. The highest BCUT2D eigenvalue weighted by Crippen LogP contribution is 2.64. The van der Waals surface area contributed by atoms with Crippen LogP contribution in [-0.2, 0) is 42.9 Å². The van der Waals surface area contributed by atoms with E-state index in [2.05, 4.69) is 5.32 Å². The van der Waals surface area contributed by atoms with Crippen molar-refractivity contribution >= 4 is 35.6 Å². The van der Waals surface area contributed by atoms with Crippen molar-refractivity contribution in [2.45, 2.75) is 108 Å². The number of carbonyl (C=O) groups is 6. The lowest BCUT2D eigenvalue weighted by Crippen LogP contribution is -2.82. The maximum atomic E-state index is 15.5. The normalized spacial score (nSPS) is 31.9. The predicted octanol–water partition coefficient (Wildman–Crippen LogP) is 3.74. The first kappa shape index (κ1) is 44.3. The molecule has 328 valence electrons. The molecular formula is C47H51NO14. The molecule has 3 aromatic rings. The summed E-state index contributed by atoms with van der Waals surface area (Å²) in [7, 11) is 0. The van der Waals surface area contributed by atoms with Crippen LogP contribution >= 0.6 is 0 Å². The molecule has 7 rings (SSSR count). The average molecular weight is 854 g/mol. The minimum absolute atomic E-state index is 0.00289. The number of hydrogen-bond acceptors (Lipinski definition) is 14. The van der Waals surface area contributed by atoms with Crippen LogP contribution in [0, 0.1) is 16.7 Å². The molecule has 15 nitrogen and oxygen atoms in total. The number of nitrogens with one attached hydrogen (secondary N) is 1. The Morgan fingerprint density at radius 3 is 1.95 bits per heavy atom. The van der Waals surface area contributed by atoms with Crippen molar-refractivity contribution in [3.05, 3.63) is 119 Å². The van der Waals surface area contributed by atoms with E-state index in [1.165, 1.54) is 26.0 Å². The number of rotatable bonds is 10. The quantitative estimate of drug-likeness (QED) is 0.130. The number of ketones is 1. The highest BCUT2D eigenvalue weighted by molar-refractivity contribution is 5.96. The molecule has 1 aliphatic heterocycles. The van der Waals surface area contributed by atoms with Crippen LogP contribution in [0.3, 0.4) is 0 Å². The van der Waals surface area contributed by atoms with Crippen molar-refractivity contribution < 1.29 is 67.8 Å². The monoisotopic (exact) mass is 853 g/mol. The Kier molecular flexibility index (Phi) is 11.8. The summed E-state index contributed by atoms with van der Waals surface area (Å²) >= 11 is 0. The summed E-state index contributed by atoms with van der Waals surface area (Å²) in [5.74, 6) is -6.84. The van der Waals surface area contributed by atoms with Crippen LogP contribution in [0.4, 0.5) is 0 Å². The minimum atomic E-state index is -2.39. The maximum Gasteiger partial charge on any atom is 0.338 e. The van der Waals surface area contributed by atoms with Crippen LogP contribution in [0.1, 0.15) is 86.7 Å². The molecule has 1 heterocycles. The van der Waals surface area contributed by atoms with Crippen LogP contribution in [0.15, 0.2) is 102 Å². The molecule has 0 unspecified atom stereocenters. The van der Waals surface area contributed by atoms with Gasteiger partial charge in [-0.2, -0.15) is 0 Å². The van der Waals surface area contributed by atoms with E-state index in [9.17, 15) is 39.3 Å². The van der Waals surface area contributed by atoms with E-state index in [1.54, 1.807) is 92.7 Å². The second kappa shape index (κ2) is 16.5. The van der Waals surface area contributed by atoms with E-state index in [0.717, 1.165) is 13.8 Å². The second-order valence-corrected chi connectivity index (χ2v) is 17.4. The topological polar surface area (TPSA) is 221 Å². The van der Waals surface area contributed by atoms with Gasteiger partial charge in [0.15, 0.2) is 23.6 Å². The van der Waals surface area contributed by atoms with Crippen molar-refractivity contribution in [3.63, 3.8) is 0 Å². The molecule has 1 saturated heterocycles. The van der Waals surface area contributed by atoms with Crippen LogP contribution in [-0.4, -0.2) is 105 Å². The average Bonchev–Trinajstić information content (AvgIpc) is 3.24. The Labute approximate surface area is 358 Å². The fourth-order valence-electron chi connectivity index (χ4n) is 10.2. The smallest absolute Gasteiger partial charge is 0.338 e. The zero-order chi connectivity index (χ0) is 44.9. The summed E-state index contributed by atoms with van der Waals surface area (Å²) in [6.07, 6.45) is -10.5. The summed E-state index contributed by atoms with van der Waals surface area (Å²) in [5.41, 5.74) is -7.02. The molecule has 3 aromatic carbocycles. The number of carbonyl (C=O) groups excluding carboxylic acids is 6. The van der Waals surface area contributed by atoms with Crippen LogP contribution in [0.25, 0.3) is 0 Å². The van der Waals surface area contributed by atoms with Gasteiger partial charge in [-0.05, 0) is 54.8 Å². The fourth-order valence-corrected chi connectivity index (χ4v) is 10.2. The van der Waals surface area contributed by atoms with Crippen molar-refractivity contribution in [3.8, 4) is 0 Å². The Morgan fingerprint density at radius 2 is 1.40 bits per heavy atom. The summed E-state index contributed by atoms with van der Waals surface area (Å²) in [4.78, 5) is 83.5. The van der Waals surface area contributed by atoms with Crippen molar-refractivity contribution in [2.75, 3.05) is 6.61 Å². The molecule has 2 saturated carbocycles. The first-order valence-electron chi connectivity index (χ1n) is 20.5. The van der Waals surface area contributed by atoms with Gasteiger partial charge in [-0.25, -0.2) is 9.59 Å². The van der Waals surface area contributed by atoms with Crippen molar-refractivity contribution in [1.29, 1.82) is 0 Å². The first-order chi connectivity index (χ1) is 29.3. The number of Topliss-reactive ketones (excluding diaryl/α,β-unsaturated/α-hetero) is 1. The zero-order valence-corrected chi connectivity index (χ0v) is 35.2. The number of aliphatic hydroxyl groups excluding tert-OH is 2. The number of hydrogen-bond donors (Lipinski definition) is 4. The lowest BCUT2D eigenvalue weighted by molar-refractivity contribution is -0.346. The summed E-state index contributed by atoms with van der Waals surface area (Å²) in [5, 5.41) is 40.2. The molecule has 3 aliphatic carbocycles. The van der Waals surface area contributed by atoms with Gasteiger partial charge in [0.1, 0.15) is 23.9 Å². The number of amides is 1.